The Morgan fingerprint density at radius 3 is 2.71 bits per heavy atom. The number of ether oxygens (including phenoxy) is 1. The summed E-state index contributed by atoms with van der Waals surface area (Å²) in [5.41, 5.74) is 3.25. The lowest BCUT2D eigenvalue weighted by Crippen LogP contribution is -2.21. The number of hydrogen-bond donors (Lipinski definition) is 1. The first-order valence-electron chi connectivity index (χ1n) is 8.58. The number of anilines is 1. The highest BCUT2D eigenvalue weighted by atomic mass is 32.1. The maximum Gasteiger partial charge on any atom is 0.262 e. The number of nitrogens with zero attached hydrogens (tertiary/aromatic N) is 2. The third-order valence-corrected chi connectivity index (χ3v) is 5.07. The van der Waals surface area contributed by atoms with E-state index in [0.717, 1.165) is 21.3 Å². The molecule has 0 saturated carbocycles. The normalized spacial score (nSPS) is 10.8. The molecule has 0 atom stereocenters. The van der Waals surface area contributed by atoms with Crippen LogP contribution in [-0.4, -0.2) is 22.5 Å². The van der Waals surface area contributed by atoms with Crippen molar-refractivity contribution >= 4 is 33.1 Å². The summed E-state index contributed by atoms with van der Waals surface area (Å²) in [6.45, 7) is 1.74. The first-order chi connectivity index (χ1) is 13.6. The molecule has 1 N–H and O–H groups in total. The summed E-state index contributed by atoms with van der Waals surface area (Å²) >= 11 is 1.48. The minimum absolute atomic E-state index is 0.111. The van der Waals surface area contributed by atoms with Gasteiger partial charge in [0.25, 0.3) is 5.91 Å². The Bertz CT molecular complexity index is 1140. The molecule has 1 amide bonds. The van der Waals surface area contributed by atoms with Crippen LogP contribution in [0.15, 0.2) is 60.2 Å². The van der Waals surface area contributed by atoms with E-state index in [0.29, 0.717) is 5.88 Å². The Morgan fingerprint density at radius 2 is 1.93 bits per heavy atom. The van der Waals surface area contributed by atoms with Crippen LogP contribution in [0.3, 0.4) is 0 Å². The quantitative estimate of drug-likeness (QED) is 0.528. The van der Waals surface area contributed by atoms with Crippen LogP contribution in [0, 0.1) is 12.7 Å². The maximum atomic E-state index is 13.7. The lowest BCUT2D eigenvalue weighted by atomic mass is 10.0. The minimum Gasteiger partial charge on any atom is -0.467 e. The molecule has 0 radical (unpaired) electrons. The molecule has 0 aliphatic carbocycles. The van der Waals surface area contributed by atoms with E-state index in [4.69, 9.17) is 4.74 Å². The van der Waals surface area contributed by atoms with Gasteiger partial charge >= 0.3 is 0 Å². The number of amides is 1. The highest BCUT2D eigenvalue weighted by Crippen LogP contribution is 2.37. The number of hydrogen-bond acceptors (Lipinski definition) is 5. The first-order valence-corrected chi connectivity index (χ1v) is 9.46. The van der Waals surface area contributed by atoms with Crippen molar-refractivity contribution in [2.75, 3.05) is 11.9 Å². The second kappa shape index (κ2) is 7.74. The summed E-state index contributed by atoms with van der Waals surface area (Å²) in [6, 6.07) is 14.1. The molecule has 140 valence electrons. The zero-order valence-electron chi connectivity index (χ0n) is 15.0. The molecule has 0 bridgehead atoms. The molecule has 0 fully saturated rings. The van der Waals surface area contributed by atoms with E-state index in [2.05, 4.69) is 15.3 Å². The molecule has 0 aliphatic rings. The van der Waals surface area contributed by atoms with Gasteiger partial charge in [0, 0.05) is 10.9 Å². The van der Waals surface area contributed by atoms with Gasteiger partial charge in [0.1, 0.15) is 17.0 Å². The number of aromatic nitrogens is 2. The summed E-state index contributed by atoms with van der Waals surface area (Å²) in [4.78, 5) is 21.4. The fourth-order valence-corrected chi connectivity index (χ4v) is 3.69. The Morgan fingerprint density at radius 1 is 1.14 bits per heavy atom. The van der Waals surface area contributed by atoms with Crippen molar-refractivity contribution in [1.82, 2.24) is 9.97 Å². The fourth-order valence-electron chi connectivity index (χ4n) is 2.79. The second-order valence-corrected chi connectivity index (χ2v) is 7.05. The van der Waals surface area contributed by atoms with Crippen LogP contribution in [0.5, 0.6) is 5.88 Å². The van der Waals surface area contributed by atoms with Crippen molar-refractivity contribution in [3.05, 3.63) is 71.6 Å². The number of thiophene rings is 1. The average molecular weight is 393 g/mol. The summed E-state index contributed by atoms with van der Waals surface area (Å²) < 4.78 is 19.3. The molecule has 0 saturated heterocycles. The predicted octanol–water partition coefficient (Wildman–Crippen LogP) is 4.82. The number of para-hydroxylation sites is 1. The summed E-state index contributed by atoms with van der Waals surface area (Å²) in [5.74, 6) is -0.644. The van der Waals surface area contributed by atoms with Crippen molar-refractivity contribution in [3.63, 3.8) is 0 Å². The smallest absolute Gasteiger partial charge is 0.262 e. The summed E-state index contributed by atoms with van der Waals surface area (Å²) in [5, 5.41) is 5.25. The van der Waals surface area contributed by atoms with E-state index in [1.54, 1.807) is 12.1 Å². The molecule has 0 spiro atoms. The second-order valence-electron chi connectivity index (χ2n) is 6.19. The molecule has 28 heavy (non-hydrogen) atoms. The standard InChI is InChI=1S/C21H16FN3O2S/c1-13-6-8-14(9-7-13)15-11-28-21-19(15)20(23-12-24-21)27-10-18(26)25-17-5-3-2-4-16(17)22/h2-9,11-12H,10H2,1H3,(H,25,26). The van der Waals surface area contributed by atoms with E-state index in [-0.39, 0.29) is 12.3 Å². The highest BCUT2D eigenvalue weighted by Gasteiger charge is 2.15. The molecule has 2 heterocycles. The van der Waals surface area contributed by atoms with Gasteiger partial charge < -0.3 is 10.1 Å². The van der Waals surface area contributed by atoms with Crippen LogP contribution in [0.25, 0.3) is 21.3 Å². The zero-order chi connectivity index (χ0) is 19.5. The largest absolute Gasteiger partial charge is 0.467 e. The Kier molecular flexibility index (Phi) is 4.99. The molecule has 5 nitrogen and oxygen atoms in total. The van der Waals surface area contributed by atoms with Gasteiger partial charge in [0.15, 0.2) is 6.61 Å². The van der Waals surface area contributed by atoms with E-state index >= 15 is 0 Å². The molecule has 2 aromatic heterocycles. The summed E-state index contributed by atoms with van der Waals surface area (Å²) in [7, 11) is 0. The van der Waals surface area contributed by atoms with Crippen molar-refractivity contribution in [2.45, 2.75) is 6.92 Å². The molecule has 4 rings (SSSR count). The topological polar surface area (TPSA) is 64.1 Å². The van der Waals surface area contributed by atoms with Crippen LogP contribution in [0.2, 0.25) is 0 Å². The van der Waals surface area contributed by atoms with Gasteiger partial charge in [-0.05, 0) is 24.6 Å². The number of halogens is 1. The maximum absolute atomic E-state index is 13.7. The van der Waals surface area contributed by atoms with E-state index in [9.17, 15) is 9.18 Å². The van der Waals surface area contributed by atoms with Crippen LogP contribution < -0.4 is 10.1 Å². The van der Waals surface area contributed by atoms with Gasteiger partial charge in [-0.15, -0.1) is 11.3 Å². The van der Waals surface area contributed by atoms with Crippen molar-refractivity contribution in [1.29, 1.82) is 0 Å². The molecule has 2 aromatic carbocycles. The first kappa shape index (κ1) is 18.1. The van der Waals surface area contributed by atoms with Gasteiger partial charge in [-0.25, -0.2) is 14.4 Å². The molecule has 7 heteroatoms. The SMILES string of the molecule is Cc1ccc(-c2csc3ncnc(OCC(=O)Nc4ccccc4F)c23)cc1. The fraction of sp³-hybridized carbons (Fsp3) is 0.0952. The van der Waals surface area contributed by atoms with Gasteiger partial charge in [0.2, 0.25) is 5.88 Å². The Balaban J connectivity index is 1.57. The van der Waals surface area contributed by atoms with Gasteiger partial charge in [-0.3, -0.25) is 4.79 Å². The predicted molar refractivity (Wildman–Crippen MR) is 108 cm³/mol. The third kappa shape index (κ3) is 3.70. The molecular formula is C21H16FN3O2S. The van der Waals surface area contributed by atoms with E-state index < -0.39 is 11.7 Å². The molecule has 0 unspecified atom stereocenters. The van der Waals surface area contributed by atoms with Crippen LogP contribution in [0.1, 0.15) is 5.56 Å². The van der Waals surface area contributed by atoms with E-state index in [1.165, 1.54) is 35.4 Å². The Labute approximate surface area is 164 Å². The molecule has 4 aromatic rings. The molecule has 0 aliphatic heterocycles. The van der Waals surface area contributed by atoms with Crippen molar-refractivity contribution < 1.29 is 13.9 Å². The molecular weight excluding hydrogens is 377 g/mol. The van der Waals surface area contributed by atoms with Gasteiger partial charge in [0.05, 0.1) is 11.1 Å². The van der Waals surface area contributed by atoms with Crippen molar-refractivity contribution in [2.24, 2.45) is 0 Å². The van der Waals surface area contributed by atoms with Crippen LogP contribution >= 0.6 is 11.3 Å². The number of nitrogens with one attached hydrogen (secondary N) is 1. The van der Waals surface area contributed by atoms with Gasteiger partial charge in [-0.2, -0.15) is 0 Å². The van der Waals surface area contributed by atoms with E-state index in [1.807, 2.05) is 36.6 Å². The Hall–Kier alpha value is -3.32. The number of fused-ring (bicyclic) bond motifs is 1. The lowest BCUT2D eigenvalue weighted by molar-refractivity contribution is -0.118. The third-order valence-electron chi connectivity index (χ3n) is 4.19. The number of aryl methyl sites for hydroxylation is 1. The number of carbonyl (C=O) groups excluding carboxylic acids is 1. The lowest BCUT2D eigenvalue weighted by Gasteiger charge is -2.09. The highest BCUT2D eigenvalue weighted by molar-refractivity contribution is 7.17. The minimum atomic E-state index is -0.500. The summed E-state index contributed by atoms with van der Waals surface area (Å²) in [6.07, 6.45) is 1.40. The van der Waals surface area contributed by atoms with Gasteiger partial charge in [-0.1, -0.05) is 42.0 Å². The average Bonchev–Trinajstić information content (AvgIpc) is 3.13. The van der Waals surface area contributed by atoms with Crippen molar-refractivity contribution in [3.8, 4) is 17.0 Å². The number of rotatable bonds is 5. The number of benzene rings is 2. The zero-order valence-corrected chi connectivity index (χ0v) is 15.8. The monoisotopic (exact) mass is 393 g/mol. The van der Waals surface area contributed by atoms with Crippen LogP contribution in [0.4, 0.5) is 10.1 Å². The number of carbonyl (C=O) groups is 1. The van der Waals surface area contributed by atoms with Crippen LogP contribution in [-0.2, 0) is 4.79 Å².